The van der Waals surface area contributed by atoms with Crippen molar-refractivity contribution >= 4 is 62.2 Å². The van der Waals surface area contributed by atoms with Gasteiger partial charge in [0.2, 0.25) is 0 Å². The zero-order valence-corrected chi connectivity index (χ0v) is 15.6. The summed E-state index contributed by atoms with van der Waals surface area (Å²) in [6, 6.07) is 16.5. The molecule has 0 fully saturated rings. The molecule has 2 heterocycles. The summed E-state index contributed by atoms with van der Waals surface area (Å²) >= 11 is 14.6. The second kappa shape index (κ2) is 7.31. The van der Waals surface area contributed by atoms with E-state index in [1.807, 2.05) is 23.5 Å². The molecule has 0 saturated carbocycles. The van der Waals surface area contributed by atoms with E-state index < -0.39 is 0 Å². The summed E-state index contributed by atoms with van der Waals surface area (Å²) in [5.74, 6) is 0. The van der Waals surface area contributed by atoms with Gasteiger partial charge in [-0.3, -0.25) is 4.72 Å². The average molecular weight is 417 g/mol. The van der Waals surface area contributed by atoms with E-state index in [1.54, 1.807) is 23.3 Å². The first-order chi connectivity index (χ1) is 10.2. The molecule has 1 aromatic carbocycles. The number of hydrogen-bond acceptors (Lipinski definition) is 4. The smallest absolute Gasteiger partial charge is 0.0763 e. The van der Waals surface area contributed by atoms with Gasteiger partial charge in [0.1, 0.15) is 0 Å². The Hall–Kier alpha value is -0.300. The van der Waals surface area contributed by atoms with Crippen LogP contribution in [0.1, 0.15) is 4.88 Å². The summed E-state index contributed by atoms with van der Waals surface area (Å²) in [5, 5.41) is 0.774. The summed E-state index contributed by atoms with van der Waals surface area (Å²) in [6.45, 7) is 0.860. The average Bonchev–Trinajstić information content (AvgIpc) is 3.09. The van der Waals surface area contributed by atoms with E-state index in [4.69, 9.17) is 11.6 Å². The van der Waals surface area contributed by atoms with Crippen LogP contribution in [0, 0.1) is 0 Å². The fourth-order valence-electron chi connectivity index (χ4n) is 1.77. The molecule has 0 aliphatic rings. The van der Waals surface area contributed by atoms with Crippen LogP contribution < -0.4 is 4.72 Å². The van der Waals surface area contributed by atoms with Crippen molar-refractivity contribution in [2.24, 2.45) is 0 Å². The van der Waals surface area contributed by atoms with E-state index in [2.05, 4.69) is 57.1 Å². The first kappa shape index (κ1) is 15.6. The van der Waals surface area contributed by atoms with Crippen molar-refractivity contribution < 1.29 is 0 Å². The van der Waals surface area contributed by atoms with Crippen LogP contribution in [-0.4, -0.2) is 0 Å². The Morgan fingerprint density at radius 1 is 1.00 bits per heavy atom. The Bertz CT molecular complexity index is 721. The molecule has 2 aromatic heterocycles. The number of hydrogen-bond donors (Lipinski definition) is 1. The fourth-order valence-corrected chi connectivity index (χ4v) is 5.50. The van der Waals surface area contributed by atoms with Crippen LogP contribution in [0.4, 0.5) is 0 Å². The summed E-state index contributed by atoms with van der Waals surface area (Å²) in [5.41, 5.74) is 1.21. The molecule has 108 valence electrons. The standard InChI is InChI=1S/C15H11BrClNS3/c16-14-7-8-15(20-14)21-18-9-12-5-6-13(19-12)10-1-3-11(17)4-2-10/h1-8,18H,9H2. The van der Waals surface area contributed by atoms with Crippen molar-refractivity contribution in [2.75, 3.05) is 0 Å². The highest BCUT2D eigenvalue weighted by Crippen LogP contribution is 2.31. The third-order valence-corrected chi connectivity index (χ3v) is 6.69. The fraction of sp³-hybridized carbons (Fsp3) is 0.0667. The molecule has 0 amide bonds. The maximum Gasteiger partial charge on any atom is 0.0763 e. The molecule has 3 aromatic rings. The van der Waals surface area contributed by atoms with E-state index in [-0.39, 0.29) is 0 Å². The molecule has 0 saturated heterocycles. The predicted octanol–water partition coefficient (Wildman–Crippen LogP) is 6.69. The molecule has 1 nitrogen and oxygen atoms in total. The molecule has 0 radical (unpaired) electrons. The summed E-state index contributed by atoms with van der Waals surface area (Å²) in [6.07, 6.45) is 0. The van der Waals surface area contributed by atoms with Gasteiger partial charge in [0, 0.05) is 21.3 Å². The zero-order valence-electron chi connectivity index (χ0n) is 10.8. The molecule has 0 bridgehead atoms. The first-order valence-corrected chi connectivity index (χ1v) is 9.82. The van der Waals surface area contributed by atoms with E-state index in [1.165, 1.54) is 19.5 Å². The van der Waals surface area contributed by atoms with Crippen LogP contribution in [-0.2, 0) is 6.54 Å². The predicted molar refractivity (Wildman–Crippen MR) is 99.5 cm³/mol. The Morgan fingerprint density at radius 3 is 2.52 bits per heavy atom. The van der Waals surface area contributed by atoms with E-state index in [0.717, 1.165) is 15.4 Å². The highest BCUT2D eigenvalue weighted by Gasteiger charge is 2.04. The van der Waals surface area contributed by atoms with Crippen molar-refractivity contribution in [3.05, 3.63) is 62.2 Å². The molecule has 0 unspecified atom stereocenters. The monoisotopic (exact) mass is 415 g/mol. The van der Waals surface area contributed by atoms with Crippen molar-refractivity contribution in [1.29, 1.82) is 0 Å². The highest BCUT2D eigenvalue weighted by atomic mass is 79.9. The van der Waals surface area contributed by atoms with Gasteiger partial charge in [-0.15, -0.1) is 22.7 Å². The van der Waals surface area contributed by atoms with Gasteiger partial charge in [0.25, 0.3) is 0 Å². The number of benzene rings is 1. The first-order valence-electron chi connectivity index (χ1n) is 6.20. The lowest BCUT2D eigenvalue weighted by Gasteiger charge is -2.00. The Kier molecular flexibility index (Phi) is 5.43. The summed E-state index contributed by atoms with van der Waals surface area (Å²) in [4.78, 5) is 2.59. The van der Waals surface area contributed by atoms with E-state index in [9.17, 15) is 0 Å². The van der Waals surface area contributed by atoms with Gasteiger partial charge in [-0.05, 0) is 69.8 Å². The normalized spacial score (nSPS) is 11.0. The lowest BCUT2D eigenvalue weighted by atomic mass is 10.2. The molecule has 6 heteroatoms. The molecule has 0 aliphatic carbocycles. The number of halogens is 2. The Morgan fingerprint density at radius 2 is 1.81 bits per heavy atom. The van der Waals surface area contributed by atoms with Crippen LogP contribution >= 0.6 is 62.2 Å². The maximum absolute atomic E-state index is 5.92. The minimum atomic E-state index is 0.774. The van der Waals surface area contributed by atoms with Crippen LogP contribution in [0.15, 0.2) is 56.5 Å². The molecule has 3 rings (SSSR count). The topological polar surface area (TPSA) is 12.0 Å². The largest absolute Gasteiger partial charge is 0.254 e. The van der Waals surface area contributed by atoms with Gasteiger partial charge < -0.3 is 0 Å². The van der Waals surface area contributed by atoms with Gasteiger partial charge in [-0.2, -0.15) is 0 Å². The maximum atomic E-state index is 5.92. The third-order valence-electron chi connectivity index (χ3n) is 2.76. The van der Waals surface area contributed by atoms with Crippen molar-refractivity contribution in [2.45, 2.75) is 10.8 Å². The highest BCUT2D eigenvalue weighted by molar-refractivity contribution is 9.11. The number of nitrogens with one attached hydrogen (secondary N) is 1. The Labute approximate surface area is 149 Å². The van der Waals surface area contributed by atoms with Crippen LogP contribution in [0.3, 0.4) is 0 Å². The molecule has 21 heavy (non-hydrogen) atoms. The summed E-state index contributed by atoms with van der Waals surface area (Å²) < 4.78 is 5.82. The quantitative estimate of drug-likeness (QED) is 0.465. The van der Waals surface area contributed by atoms with E-state index in [0.29, 0.717) is 0 Å². The minimum absolute atomic E-state index is 0.774. The molecule has 0 aliphatic heterocycles. The number of thiophene rings is 2. The molecule has 0 spiro atoms. The lowest BCUT2D eigenvalue weighted by molar-refractivity contribution is 1.00. The van der Waals surface area contributed by atoms with Crippen LogP contribution in [0.5, 0.6) is 0 Å². The second-order valence-electron chi connectivity index (χ2n) is 4.25. The van der Waals surface area contributed by atoms with Gasteiger partial charge in [-0.25, -0.2) is 0 Å². The zero-order chi connectivity index (χ0) is 14.7. The van der Waals surface area contributed by atoms with Gasteiger partial charge >= 0.3 is 0 Å². The van der Waals surface area contributed by atoms with Gasteiger partial charge in [0.05, 0.1) is 8.00 Å². The SMILES string of the molecule is Clc1ccc(-c2ccc(CNSc3ccc(Br)s3)s2)cc1. The third kappa shape index (κ3) is 4.34. The Balaban J connectivity index is 1.59. The molecular weight excluding hydrogens is 406 g/mol. The summed E-state index contributed by atoms with van der Waals surface area (Å²) in [7, 11) is 0. The second-order valence-corrected chi connectivity index (χ2v) is 9.51. The van der Waals surface area contributed by atoms with E-state index >= 15 is 0 Å². The molecular formula is C15H11BrClNS3. The van der Waals surface area contributed by atoms with Crippen molar-refractivity contribution in [3.63, 3.8) is 0 Å². The van der Waals surface area contributed by atoms with Gasteiger partial charge in [-0.1, -0.05) is 23.7 Å². The van der Waals surface area contributed by atoms with Crippen LogP contribution in [0.25, 0.3) is 10.4 Å². The molecule has 0 atom stereocenters. The lowest BCUT2D eigenvalue weighted by Crippen LogP contribution is -1.99. The van der Waals surface area contributed by atoms with Gasteiger partial charge in [0.15, 0.2) is 0 Å². The van der Waals surface area contributed by atoms with Crippen molar-refractivity contribution in [3.8, 4) is 10.4 Å². The van der Waals surface area contributed by atoms with Crippen molar-refractivity contribution in [1.82, 2.24) is 4.72 Å². The minimum Gasteiger partial charge on any atom is -0.254 e. The van der Waals surface area contributed by atoms with Crippen LogP contribution in [0.2, 0.25) is 5.02 Å². The molecule has 1 N–H and O–H groups in total. The number of rotatable bonds is 5.